The first-order chi connectivity index (χ1) is 8.24. The summed E-state index contributed by atoms with van der Waals surface area (Å²) in [5.41, 5.74) is 5.44. The SMILES string of the molecule is Nc1ccn(CC(=O)NCCn2ccnn2)n1. The number of nitrogens with two attached hydrogens (primary N) is 1. The molecule has 0 saturated heterocycles. The summed E-state index contributed by atoms with van der Waals surface area (Å²) in [5, 5.41) is 14.1. The summed E-state index contributed by atoms with van der Waals surface area (Å²) in [4.78, 5) is 11.5. The zero-order chi connectivity index (χ0) is 12.1. The van der Waals surface area contributed by atoms with Gasteiger partial charge in [0.1, 0.15) is 12.4 Å². The zero-order valence-electron chi connectivity index (χ0n) is 9.15. The van der Waals surface area contributed by atoms with Crippen LogP contribution in [-0.2, 0) is 17.9 Å². The van der Waals surface area contributed by atoms with E-state index in [9.17, 15) is 4.79 Å². The zero-order valence-corrected chi connectivity index (χ0v) is 9.15. The summed E-state index contributed by atoms with van der Waals surface area (Å²) in [6.45, 7) is 1.25. The molecule has 0 aliphatic heterocycles. The number of hydrogen-bond acceptors (Lipinski definition) is 5. The van der Waals surface area contributed by atoms with E-state index in [1.807, 2.05) is 0 Å². The molecule has 8 heteroatoms. The number of carbonyl (C=O) groups excluding carboxylic acids is 1. The Morgan fingerprint density at radius 3 is 2.94 bits per heavy atom. The van der Waals surface area contributed by atoms with Crippen LogP contribution in [0, 0.1) is 0 Å². The standard InChI is InChI=1S/C9H13N7O/c10-8-1-4-16(13-8)7-9(17)11-2-5-15-6-3-12-14-15/h1,3-4,6H,2,5,7H2,(H2,10,13)(H,11,17). The number of nitrogens with one attached hydrogen (secondary N) is 1. The number of anilines is 1. The molecule has 0 atom stereocenters. The lowest BCUT2D eigenvalue weighted by Crippen LogP contribution is -2.30. The molecule has 0 aliphatic carbocycles. The fourth-order valence-electron chi connectivity index (χ4n) is 1.33. The van der Waals surface area contributed by atoms with Gasteiger partial charge in [0.15, 0.2) is 0 Å². The van der Waals surface area contributed by atoms with E-state index in [0.717, 1.165) is 0 Å². The van der Waals surface area contributed by atoms with Crippen molar-refractivity contribution < 1.29 is 4.79 Å². The van der Waals surface area contributed by atoms with E-state index < -0.39 is 0 Å². The highest BCUT2D eigenvalue weighted by molar-refractivity contribution is 5.75. The predicted molar refractivity (Wildman–Crippen MR) is 59.7 cm³/mol. The maximum Gasteiger partial charge on any atom is 0.241 e. The largest absolute Gasteiger partial charge is 0.382 e. The van der Waals surface area contributed by atoms with Crippen molar-refractivity contribution in [1.29, 1.82) is 0 Å². The number of rotatable bonds is 5. The van der Waals surface area contributed by atoms with Gasteiger partial charge in [-0.3, -0.25) is 14.2 Å². The monoisotopic (exact) mass is 235 g/mol. The van der Waals surface area contributed by atoms with Gasteiger partial charge in [-0.15, -0.1) is 5.10 Å². The minimum atomic E-state index is -0.117. The molecule has 1 amide bonds. The number of nitrogens with zero attached hydrogens (tertiary/aromatic N) is 5. The summed E-state index contributed by atoms with van der Waals surface area (Å²) >= 11 is 0. The van der Waals surface area contributed by atoms with Crippen molar-refractivity contribution in [2.45, 2.75) is 13.1 Å². The average Bonchev–Trinajstić information content (AvgIpc) is 2.90. The fraction of sp³-hybridized carbons (Fsp3) is 0.333. The first-order valence-electron chi connectivity index (χ1n) is 5.14. The lowest BCUT2D eigenvalue weighted by molar-refractivity contribution is -0.121. The molecular formula is C9H13N7O. The Hall–Kier alpha value is -2.38. The second-order valence-corrected chi connectivity index (χ2v) is 3.45. The highest BCUT2D eigenvalue weighted by Crippen LogP contribution is 1.94. The van der Waals surface area contributed by atoms with Crippen LogP contribution in [0.25, 0.3) is 0 Å². The highest BCUT2D eigenvalue weighted by Gasteiger charge is 2.03. The van der Waals surface area contributed by atoms with Gasteiger partial charge >= 0.3 is 0 Å². The van der Waals surface area contributed by atoms with Crippen molar-refractivity contribution in [3.63, 3.8) is 0 Å². The van der Waals surface area contributed by atoms with Crippen molar-refractivity contribution in [2.24, 2.45) is 0 Å². The van der Waals surface area contributed by atoms with E-state index in [0.29, 0.717) is 18.9 Å². The minimum absolute atomic E-state index is 0.117. The quantitative estimate of drug-likeness (QED) is 0.682. The van der Waals surface area contributed by atoms with Crippen LogP contribution in [-0.4, -0.2) is 37.2 Å². The van der Waals surface area contributed by atoms with Crippen LogP contribution < -0.4 is 11.1 Å². The van der Waals surface area contributed by atoms with Crippen molar-refractivity contribution in [2.75, 3.05) is 12.3 Å². The molecule has 2 aromatic rings. The molecule has 0 unspecified atom stereocenters. The van der Waals surface area contributed by atoms with Crippen LogP contribution in [0.3, 0.4) is 0 Å². The molecule has 8 nitrogen and oxygen atoms in total. The Labute approximate surface area is 97.4 Å². The molecule has 0 fully saturated rings. The fourth-order valence-corrected chi connectivity index (χ4v) is 1.33. The van der Waals surface area contributed by atoms with Gasteiger partial charge < -0.3 is 11.1 Å². The number of aromatic nitrogens is 5. The van der Waals surface area contributed by atoms with Gasteiger partial charge in [-0.2, -0.15) is 5.10 Å². The molecule has 2 rings (SSSR count). The van der Waals surface area contributed by atoms with Gasteiger partial charge in [0.25, 0.3) is 0 Å². The molecule has 0 aromatic carbocycles. The molecule has 2 aromatic heterocycles. The molecule has 90 valence electrons. The Bertz CT molecular complexity index is 475. The number of amides is 1. The second kappa shape index (κ2) is 5.10. The third-order valence-electron chi connectivity index (χ3n) is 2.10. The van der Waals surface area contributed by atoms with Crippen molar-refractivity contribution in [3.05, 3.63) is 24.7 Å². The summed E-state index contributed by atoms with van der Waals surface area (Å²) in [6.07, 6.45) is 4.99. The normalized spacial score (nSPS) is 10.4. The summed E-state index contributed by atoms with van der Waals surface area (Å²) < 4.78 is 3.13. The van der Waals surface area contributed by atoms with E-state index in [2.05, 4.69) is 20.7 Å². The van der Waals surface area contributed by atoms with Crippen molar-refractivity contribution >= 4 is 11.7 Å². The van der Waals surface area contributed by atoms with Gasteiger partial charge in [-0.1, -0.05) is 5.21 Å². The molecule has 0 saturated carbocycles. The van der Waals surface area contributed by atoms with Crippen LogP contribution in [0.4, 0.5) is 5.82 Å². The summed E-state index contributed by atoms with van der Waals surface area (Å²) in [7, 11) is 0. The maximum absolute atomic E-state index is 11.5. The molecule has 0 spiro atoms. The molecule has 17 heavy (non-hydrogen) atoms. The highest BCUT2D eigenvalue weighted by atomic mass is 16.2. The first-order valence-corrected chi connectivity index (χ1v) is 5.14. The van der Waals surface area contributed by atoms with E-state index in [1.54, 1.807) is 29.3 Å². The molecule has 3 N–H and O–H groups in total. The van der Waals surface area contributed by atoms with Crippen LogP contribution in [0.2, 0.25) is 0 Å². The minimum Gasteiger partial charge on any atom is -0.382 e. The van der Waals surface area contributed by atoms with Crippen LogP contribution in [0.5, 0.6) is 0 Å². The topological polar surface area (TPSA) is 104 Å². The van der Waals surface area contributed by atoms with Crippen molar-refractivity contribution in [3.8, 4) is 0 Å². The Morgan fingerprint density at radius 2 is 2.29 bits per heavy atom. The van der Waals surface area contributed by atoms with E-state index in [4.69, 9.17) is 5.73 Å². The van der Waals surface area contributed by atoms with Gasteiger partial charge in [-0.25, -0.2) is 0 Å². The van der Waals surface area contributed by atoms with E-state index in [1.165, 1.54) is 4.68 Å². The Morgan fingerprint density at radius 1 is 1.41 bits per heavy atom. The van der Waals surface area contributed by atoms with Crippen LogP contribution in [0.15, 0.2) is 24.7 Å². The van der Waals surface area contributed by atoms with Crippen LogP contribution in [0.1, 0.15) is 0 Å². The van der Waals surface area contributed by atoms with Gasteiger partial charge in [0, 0.05) is 18.9 Å². The Balaban J connectivity index is 1.71. The summed E-state index contributed by atoms with van der Waals surface area (Å²) in [6, 6.07) is 1.64. The molecule has 0 radical (unpaired) electrons. The first kappa shape index (κ1) is 11.1. The van der Waals surface area contributed by atoms with E-state index >= 15 is 0 Å². The second-order valence-electron chi connectivity index (χ2n) is 3.45. The lowest BCUT2D eigenvalue weighted by Gasteiger charge is -2.04. The third-order valence-corrected chi connectivity index (χ3v) is 2.10. The smallest absolute Gasteiger partial charge is 0.241 e. The molecule has 0 aliphatic rings. The number of hydrogen-bond donors (Lipinski definition) is 2. The van der Waals surface area contributed by atoms with Gasteiger partial charge in [0.2, 0.25) is 5.91 Å². The third kappa shape index (κ3) is 3.30. The summed E-state index contributed by atoms with van der Waals surface area (Å²) in [5.74, 6) is 0.286. The van der Waals surface area contributed by atoms with Gasteiger partial charge in [-0.05, 0) is 6.07 Å². The average molecular weight is 235 g/mol. The van der Waals surface area contributed by atoms with E-state index in [-0.39, 0.29) is 12.5 Å². The Kier molecular flexibility index (Phi) is 3.34. The molecular weight excluding hydrogens is 222 g/mol. The van der Waals surface area contributed by atoms with Gasteiger partial charge in [0.05, 0.1) is 12.7 Å². The predicted octanol–water partition coefficient (Wildman–Crippen LogP) is -1.13. The maximum atomic E-state index is 11.5. The number of nitrogen functional groups attached to an aromatic ring is 1. The number of carbonyl (C=O) groups is 1. The lowest BCUT2D eigenvalue weighted by atomic mass is 10.5. The van der Waals surface area contributed by atoms with Crippen molar-refractivity contribution in [1.82, 2.24) is 30.1 Å². The molecule has 2 heterocycles. The van der Waals surface area contributed by atoms with Crippen LogP contribution >= 0.6 is 0 Å². The molecule has 0 bridgehead atoms.